The highest BCUT2D eigenvalue weighted by molar-refractivity contribution is 8.00. The molecule has 1 fully saturated rings. The Bertz CT molecular complexity index is 561. The number of nitrogens with one attached hydrogen (secondary N) is 2. The lowest BCUT2D eigenvalue weighted by molar-refractivity contribution is 0.0793. The Morgan fingerprint density at radius 3 is 2.69 bits per heavy atom. The third kappa shape index (κ3) is 6.50. The Morgan fingerprint density at radius 1 is 1.31 bits per heavy atom. The molecule has 0 amide bonds. The fraction of sp³-hybridized carbons (Fsp3) is 0.789. The first-order chi connectivity index (χ1) is 12.6. The molecule has 1 aromatic rings. The fourth-order valence-electron chi connectivity index (χ4n) is 3.30. The minimum absolute atomic E-state index is 0.235. The van der Waals surface area contributed by atoms with E-state index in [0.717, 1.165) is 76.1 Å². The quantitative estimate of drug-likeness (QED) is 0.391. The Balaban J connectivity index is 1.84. The van der Waals surface area contributed by atoms with Crippen molar-refractivity contribution >= 4 is 17.7 Å². The first-order valence-corrected chi connectivity index (χ1v) is 10.8. The van der Waals surface area contributed by atoms with Gasteiger partial charge in [0.2, 0.25) is 0 Å². The molecule has 0 unspecified atom stereocenters. The number of hydrogen-bond acceptors (Lipinski definition) is 4. The summed E-state index contributed by atoms with van der Waals surface area (Å²) in [7, 11) is 0. The topological polar surface area (TPSA) is 63.5 Å². The molecule has 1 saturated heterocycles. The molecule has 0 bridgehead atoms. The summed E-state index contributed by atoms with van der Waals surface area (Å²) in [5, 5.41) is 11.4. The lowest BCUT2D eigenvalue weighted by Gasteiger charge is -2.35. The van der Waals surface area contributed by atoms with Crippen LogP contribution in [0, 0.1) is 13.8 Å². The maximum absolute atomic E-state index is 5.56. The monoisotopic (exact) mass is 381 g/mol. The Labute approximate surface area is 162 Å². The van der Waals surface area contributed by atoms with Gasteiger partial charge < -0.3 is 15.4 Å². The number of aryl methyl sites for hydroxylation is 3. The average molecular weight is 382 g/mol. The zero-order chi connectivity index (χ0) is 18.8. The fourth-order valence-corrected chi connectivity index (χ4v) is 4.52. The predicted molar refractivity (Wildman–Crippen MR) is 111 cm³/mol. The van der Waals surface area contributed by atoms with Crippen molar-refractivity contribution < 1.29 is 4.74 Å². The number of ether oxygens (including phenoxy) is 1. The highest BCUT2D eigenvalue weighted by atomic mass is 32.2. The molecule has 148 valence electrons. The maximum atomic E-state index is 5.56. The molecule has 26 heavy (non-hydrogen) atoms. The first-order valence-electron chi connectivity index (χ1n) is 9.83. The van der Waals surface area contributed by atoms with Gasteiger partial charge in [-0.25, -0.2) is 0 Å². The van der Waals surface area contributed by atoms with Crippen LogP contribution in [0.5, 0.6) is 0 Å². The van der Waals surface area contributed by atoms with E-state index >= 15 is 0 Å². The lowest BCUT2D eigenvalue weighted by atomic mass is 9.99. The summed E-state index contributed by atoms with van der Waals surface area (Å²) in [6, 6.07) is 2.12. The number of guanidine groups is 1. The van der Waals surface area contributed by atoms with Crippen molar-refractivity contribution in [2.75, 3.05) is 38.6 Å². The van der Waals surface area contributed by atoms with E-state index in [0.29, 0.717) is 0 Å². The maximum Gasteiger partial charge on any atom is 0.191 e. The van der Waals surface area contributed by atoms with Crippen LogP contribution in [0.2, 0.25) is 0 Å². The van der Waals surface area contributed by atoms with Crippen LogP contribution in [0.15, 0.2) is 11.1 Å². The van der Waals surface area contributed by atoms with Crippen LogP contribution in [0.4, 0.5) is 0 Å². The van der Waals surface area contributed by atoms with Crippen LogP contribution in [-0.4, -0.2) is 59.1 Å². The Hall–Kier alpha value is -1.21. The van der Waals surface area contributed by atoms with E-state index in [4.69, 9.17) is 9.73 Å². The third-order valence-electron chi connectivity index (χ3n) is 4.67. The zero-order valence-corrected chi connectivity index (χ0v) is 17.6. The summed E-state index contributed by atoms with van der Waals surface area (Å²) in [4.78, 5) is 4.89. The van der Waals surface area contributed by atoms with Crippen molar-refractivity contribution in [3.8, 4) is 0 Å². The summed E-state index contributed by atoms with van der Waals surface area (Å²) in [5.41, 5.74) is 2.31. The molecular weight excluding hydrogens is 346 g/mol. The molecule has 6 nitrogen and oxygen atoms in total. The molecule has 0 atom stereocenters. The van der Waals surface area contributed by atoms with Gasteiger partial charge in [0.15, 0.2) is 5.96 Å². The van der Waals surface area contributed by atoms with Crippen LogP contribution in [0.3, 0.4) is 0 Å². The van der Waals surface area contributed by atoms with Crippen molar-refractivity contribution in [1.82, 2.24) is 20.4 Å². The number of nitrogens with zero attached hydrogens (tertiary/aromatic N) is 3. The minimum Gasteiger partial charge on any atom is -0.381 e. The number of rotatable bonds is 9. The minimum atomic E-state index is 0.235. The van der Waals surface area contributed by atoms with Crippen molar-refractivity contribution in [1.29, 1.82) is 0 Å². The lowest BCUT2D eigenvalue weighted by Crippen LogP contribution is -2.41. The van der Waals surface area contributed by atoms with Crippen LogP contribution in [0.1, 0.15) is 44.5 Å². The van der Waals surface area contributed by atoms with E-state index in [1.807, 2.05) is 18.7 Å². The normalized spacial score (nSPS) is 17.3. The molecular formula is C19H35N5OS. The van der Waals surface area contributed by atoms with Crippen molar-refractivity contribution in [2.24, 2.45) is 4.99 Å². The molecule has 2 N–H and O–H groups in total. The van der Waals surface area contributed by atoms with Gasteiger partial charge in [0.05, 0.1) is 12.2 Å². The van der Waals surface area contributed by atoms with Crippen LogP contribution in [-0.2, 0) is 11.3 Å². The van der Waals surface area contributed by atoms with Gasteiger partial charge in [0.1, 0.15) is 0 Å². The first kappa shape index (κ1) is 21.1. The Morgan fingerprint density at radius 2 is 2.08 bits per heavy atom. The second-order valence-electron chi connectivity index (χ2n) is 6.85. The molecule has 1 aromatic heterocycles. The smallest absolute Gasteiger partial charge is 0.191 e. The second kappa shape index (κ2) is 10.8. The average Bonchev–Trinajstić information content (AvgIpc) is 2.95. The number of aliphatic imine (C=N–C) groups is 1. The molecule has 0 spiro atoms. The summed E-state index contributed by atoms with van der Waals surface area (Å²) >= 11 is 2.04. The van der Waals surface area contributed by atoms with Crippen molar-refractivity contribution in [2.45, 2.75) is 58.2 Å². The molecule has 1 aliphatic heterocycles. The van der Waals surface area contributed by atoms with Gasteiger partial charge in [0.25, 0.3) is 0 Å². The molecule has 0 radical (unpaired) electrons. The van der Waals surface area contributed by atoms with Gasteiger partial charge in [-0.1, -0.05) is 6.92 Å². The third-order valence-corrected chi connectivity index (χ3v) is 6.10. The van der Waals surface area contributed by atoms with E-state index < -0.39 is 0 Å². The van der Waals surface area contributed by atoms with Gasteiger partial charge >= 0.3 is 0 Å². The predicted octanol–water partition coefficient (Wildman–Crippen LogP) is 2.75. The summed E-state index contributed by atoms with van der Waals surface area (Å²) in [6.45, 7) is 13.7. The Kier molecular flexibility index (Phi) is 8.78. The van der Waals surface area contributed by atoms with Gasteiger partial charge in [-0.15, -0.1) is 0 Å². The molecule has 0 saturated carbocycles. The van der Waals surface area contributed by atoms with Crippen molar-refractivity contribution in [3.63, 3.8) is 0 Å². The summed E-state index contributed by atoms with van der Waals surface area (Å²) in [6.07, 6.45) is 3.20. The molecule has 2 rings (SSSR count). The molecule has 1 aliphatic rings. The van der Waals surface area contributed by atoms with Crippen molar-refractivity contribution in [3.05, 3.63) is 17.5 Å². The highest BCUT2D eigenvalue weighted by Crippen LogP contribution is 2.35. The van der Waals surface area contributed by atoms with Crippen LogP contribution in [0.25, 0.3) is 0 Å². The molecule has 0 aromatic carbocycles. The van der Waals surface area contributed by atoms with E-state index in [1.54, 1.807) is 0 Å². The number of aromatic nitrogens is 2. The standard InChI is InChI=1S/C19H35N5OS/c1-5-20-18(21-10-7-11-24-17(4)14-16(3)23-24)22-15-19(26-6-2)8-12-25-13-9-19/h14H,5-13,15H2,1-4H3,(H2,20,21,22). The zero-order valence-electron chi connectivity index (χ0n) is 16.8. The summed E-state index contributed by atoms with van der Waals surface area (Å²) < 4.78 is 7.87. The SMILES string of the molecule is CCNC(=NCC1(SCC)CCOCC1)NCCCn1nc(C)cc1C. The molecule has 7 heteroatoms. The van der Waals surface area contributed by atoms with E-state index in [1.165, 1.54) is 5.69 Å². The van der Waals surface area contributed by atoms with Crippen LogP contribution >= 0.6 is 11.8 Å². The molecule has 0 aliphatic carbocycles. The van der Waals surface area contributed by atoms with E-state index in [2.05, 4.69) is 47.3 Å². The number of thioether (sulfide) groups is 1. The summed E-state index contributed by atoms with van der Waals surface area (Å²) in [5.74, 6) is 2.05. The largest absolute Gasteiger partial charge is 0.381 e. The van der Waals surface area contributed by atoms with Crippen LogP contribution < -0.4 is 10.6 Å². The van der Waals surface area contributed by atoms with Gasteiger partial charge in [0, 0.05) is 43.3 Å². The van der Waals surface area contributed by atoms with Gasteiger partial charge in [-0.2, -0.15) is 16.9 Å². The van der Waals surface area contributed by atoms with E-state index in [9.17, 15) is 0 Å². The number of hydrogen-bond donors (Lipinski definition) is 2. The second-order valence-corrected chi connectivity index (χ2v) is 8.59. The van der Waals surface area contributed by atoms with E-state index in [-0.39, 0.29) is 4.75 Å². The van der Waals surface area contributed by atoms with Gasteiger partial charge in [-0.05, 0) is 51.9 Å². The molecule has 2 heterocycles. The van der Waals surface area contributed by atoms with Gasteiger partial charge in [-0.3, -0.25) is 9.67 Å². The highest BCUT2D eigenvalue weighted by Gasteiger charge is 2.32.